The van der Waals surface area contributed by atoms with Gasteiger partial charge in [0.05, 0.1) is 11.6 Å². The van der Waals surface area contributed by atoms with Gasteiger partial charge in [0.25, 0.3) is 0 Å². The van der Waals surface area contributed by atoms with Crippen LogP contribution in [-0.2, 0) is 0 Å². The highest BCUT2D eigenvalue weighted by Gasteiger charge is 2.22. The second-order valence-electron chi connectivity index (χ2n) is 9.59. The minimum Gasteiger partial charge on any atom is -0.437 e. The molecule has 3 heterocycles. The molecule has 2 aliphatic rings. The molecular weight excluding hydrogens is 502 g/mol. The summed E-state index contributed by atoms with van der Waals surface area (Å²) in [5, 5.41) is 15.3. The molecule has 0 bridgehead atoms. The van der Waals surface area contributed by atoms with Crippen molar-refractivity contribution in [3.8, 4) is 17.7 Å². The molecule has 0 radical (unpaired) electrons. The Hall–Kier alpha value is -3.18. The monoisotopic (exact) mass is 531 g/mol. The normalized spacial score (nSPS) is 17.0. The van der Waals surface area contributed by atoms with E-state index in [9.17, 15) is 0 Å². The largest absolute Gasteiger partial charge is 0.437 e. The third-order valence-electron chi connectivity index (χ3n) is 6.81. The molecule has 5 rings (SSSR count). The number of halogens is 1. The maximum absolute atomic E-state index is 8.84. The summed E-state index contributed by atoms with van der Waals surface area (Å²) in [6.45, 7) is 6.96. The summed E-state index contributed by atoms with van der Waals surface area (Å²) in [4.78, 5) is 12.0. The van der Waals surface area contributed by atoms with Gasteiger partial charge in [-0.05, 0) is 91.4 Å². The van der Waals surface area contributed by atoms with Crippen LogP contribution >= 0.6 is 22.9 Å². The van der Waals surface area contributed by atoms with Crippen molar-refractivity contribution in [1.82, 2.24) is 14.9 Å². The van der Waals surface area contributed by atoms with Crippen molar-refractivity contribution >= 4 is 45.2 Å². The van der Waals surface area contributed by atoms with Gasteiger partial charge in [-0.25, -0.2) is 4.98 Å². The fraction of sp³-hybridized carbons (Fsp3) is 0.345. The van der Waals surface area contributed by atoms with Gasteiger partial charge in [-0.2, -0.15) is 10.2 Å². The maximum Gasteiger partial charge on any atom is 0.242 e. The first-order valence-corrected chi connectivity index (χ1v) is 13.9. The molecular formula is C29H30ClN5OS. The molecule has 0 atom stereocenters. The van der Waals surface area contributed by atoms with Crippen molar-refractivity contribution in [3.05, 3.63) is 69.1 Å². The van der Waals surface area contributed by atoms with Crippen LogP contribution in [0.1, 0.15) is 42.4 Å². The lowest BCUT2D eigenvalue weighted by Gasteiger charge is -2.33. The van der Waals surface area contributed by atoms with Gasteiger partial charge < -0.3 is 10.1 Å². The van der Waals surface area contributed by atoms with Gasteiger partial charge in [0.2, 0.25) is 11.8 Å². The van der Waals surface area contributed by atoms with Gasteiger partial charge in [0.1, 0.15) is 10.4 Å². The second kappa shape index (κ2) is 11.5. The van der Waals surface area contributed by atoms with Gasteiger partial charge in [0, 0.05) is 36.8 Å². The van der Waals surface area contributed by atoms with Crippen molar-refractivity contribution < 1.29 is 4.74 Å². The highest BCUT2D eigenvalue weighted by molar-refractivity contribution is 7.17. The number of rotatable bonds is 7. The summed E-state index contributed by atoms with van der Waals surface area (Å²) < 4.78 is 7.34. The number of aromatic nitrogens is 2. The first-order valence-electron chi connectivity index (χ1n) is 12.6. The van der Waals surface area contributed by atoms with E-state index >= 15 is 0 Å². The zero-order chi connectivity index (χ0) is 25.8. The first-order chi connectivity index (χ1) is 18.0. The fourth-order valence-corrected chi connectivity index (χ4v) is 5.94. The van der Waals surface area contributed by atoms with Crippen LogP contribution in [0.15, 0.2) is 52.4 Å². The lowest BCUT2D eigenvalue weighted by molar-refractivity contribution is 0.236. The predicted molar refractivity (Wildman–Crippen MR) is 152 cm³/mol. The molecule has 2 aromatic heterocycles. The maximum atomic E-state index is 8.84. The molecule has 6 nitrogen and oxygen atoms in total. The molecule has 3 aromatic rings. The summed E-state index contributed by atoms with van der Waals surface area (Å²) in [6.07, 6.45) is 11.9. The Morgan fingerprint density at radius 3 is 2.68 bits per heavy atom. The minimum absolute atomic E-state index is 0.307. The van der Waals surface area contributed by atoms with Crippen LogP contribution in [0.3, 0.4) is 0 Å². The van der Waals surface area contributed by atoms with Crippen molar-refractivity contribution in [2.75, 3.05) is 25.0 Å². The molecule has 0 saturated carbocycles. The van der Waals surface area contributed by atoms with Crippen LogP contribution in [0.5, 0.6) is 11.6 Å². The number of nitriles is 1. The van der Waals surface area contributed by atoms with Crippen LogP contribution in [0.4, 0.5) is 5.95 Å². The van der Waals surface area contributed by atoms with Gasteiger partial charge in [0.15, 0.2) is 0 Å². The van der Waals surface area contributed by atoms with Crippen LogP contribution < -0.4 is 10.1 Å². The van der Waals surface area contributed by atoms with Gasteiger partial charge in [-0.15, -0.1) is 11.3 Å². The van der Waals surface area contributed by atoms with Crippen LogP contribution in [0, 0.1) is 25.2 Å². The SMILES string of the molecule is Cc1cc(/C=C/C#N)cc(C)c1Oc1nc(NC2CCN(CC3=CCCC=C3Cl)CC2)nc2ccsc12. The van der Waals surface area contributed by atoms with Crippen molar-refractivity contribution in [2.24, 2.45) is 0 Å². The van der Waals surface area contributed by atoms with E-state index in [0.717, 1.165) is 83.0 Å². The molecule has 1 aliphatic heterocycles. The topological polar surface area (TPSA) is 74.1 Å². The van der Waals surface area contributed by atoms with E-state index in [1.807, 2.05) is 43.5 Å². The summed E-state index contributed by atoms with van der Waals surface area (Å²) >= 11 is 7.99. The molecule has 0 spiro atoms. The Morgan fingerprint density at radius 1 is 1.19 bits per heavy atom. The summed E-state index contributed by atoms with van der Waals surface area (Å²) in [6, 6.07) is 8.39. The van der Waals surface area contributed by atoms with Crippen molar-refractivity contribution in [3.63, 3.8) is 0 Å². The van der Waals surface area contributed by atoms with E-state index in [2.05, 4.69) is 22.4 Å². The lowest BCUT2D eigenvalue weighted by Crippen LogP contribution is -2.40. The van der Waals surface area contributed by atoms with Gasteiger partial charge in [-0.3, -0.25) is 4.90 Å². The molecule has 8 heteroatoms. The Labute approximate surface area is 226 Å². The van der Waals surface area contributed by atoms with E-state index in [0.29, 0.717) is 17.9 Å². The van der Waals surface area contributed by atoms with Gasteiger partial charge >= 0.3 is 0 Å². The number of nitrogens with zero attached hydrogens (tertiary/aromatic N) is 4. The van der Waals surface area contributed by atoms with Crippen LogP contribution in [-0.4, -0.2) is 40.5 Å². The predicted octanol–water partition coefficient (Wildman–Crippen LogP) is 7.36. The minimum atomic E-state index is 0.307. The number of likely N-dealkylation sites (tertiary alicyclic amines) is 1. The number of ether oxygens (including phenoxy) is 1. The van der Waals surface area contributed by atoms with E-state index in [4.69, 9.17) is 31.6 Å². The number of allylic oxidation sites excluding steroid dienone is 3. The Kier molecular flexibility index (Phi) is 7.90. The van der Waals surface area contributed by atoms with E-state index in [-0.39, 0.29) is 0 Å². The molecule has 1 aromatic carbocycles. The van der Waals surface area contributed by atoms with E-state index in [1.54, 1.807) is 17.4 Å². The van der Waals surface area contributed by atoms with E-state index in [1.165, 1.54) is 11.6 Å². The molecule has 37 heavy (non-hydrogen) atoms. The molecule has 190 valence electrons. The Bertz CT molecular complexity index is 1400. The molecule has 0 amide bonds. The number of aryl methyl sites for hydroxylation is 2. The summed E-state index contributed by atoms with van der Waals surface area (Å²) in [5.41, 5.74) is 5.09. The zero-order valence-corrected chi connectivity index (χ0v) is 22.7. The van der Waals surface area contributed by atoms with Crippen LogP contribution in [0.25, 0.3) is 16.3 Å². The van der Waals surface area contributed by atoms with Crippen molar-refractivity contribution in [1.29, 1.82) is 5.26 Å². The molecule has 1 saturated heterocycles. The number of nitrogens with one attached hydrogen (secondary N) is 1. The number of thiophene rings is 1. The Morgan fingerprint density at radius 2 is 1.95 bits per heavy atom. The third kappa shape index (κ3) is 6.04. The lowest BCUT2D eigenvalue weighted by atomic mass is 10.0. The standard InChI is InChI=1S/C29H30ClN5OS/c1-19-16-21(6-5-12-31)17-20(2)26(19)36-28-27-25(11-15-37-27)33-29(34-28)32-23-9-13-35(14-10-23)18-22-7-3-4-8-24(22)30/h5-8,11,15-17,23H,3-4,9-10,13-14,18H2,1-2H3,(H,32,33,34)/b6-5+. The molecule has 1 fully saturated rings. The van der Waals surface area contributed by atoms with Crippen LogP contribution in [0.2, 0.25) is 0 Å². The molecule has 1 N–H and O–H groups in total. The average Bonchev–Trinajstić information content (AvgIpc) is 3.36. The zero-order valence-electron chi connectivity index (χ0n) is 21.1. The number of piperidine rings is 1. The van der Waals surface area contributed by atoms with Gasteiger partial charge in [-0.1, -0.05) is 23.8 Å². The number of hydrogen-bond acceptors (Lipinski definition) is 7. The fourth-order valence-electron chi connectivity index (χ4n) is 4.94. The Balaban J connectivity index is 1.29. The van der Waals surface area contributed by atoms with Crippen molar-refractivity contribution in [2.45, 2.75) is 45.6 Å². The quantitative estimate of drug-likeness (QED) is 0.321. The highest BCUT2D eigenvalue weighted by Crippen LogP contribution is 2.36. The molecule has 0 unspecified atom stereocenters. The first kappa shape index (κ1) is 25.5. The average molecular weight is 532 g/mol. The summed E-state index contributed by atoms with van der Waals surface area (Å²) in [7, 11) is 0. The smallest absolute Gasteiger partial charge is 0.242 e. The highest BCUT2D eigenvalue weighted by atomic mass is 35.5. The van der Waals surface area contributed by atoms with E-state index < -0.39 is 0 Å². The number of benzene rings is 1. The molecule has 1 aliphatic carbocycles. The third-order valence-corrected chi connectivity index (χ3v) is 8.10. The number of fused-ring (bicyclic) bond motifs is 1. The number of anilines is 1. The second-order valence-corrected chi connectivity index (χ2v) is 10.9. The number of hydrogen-bond donors (Lipinski definition) is 1. The summed E-state index contributed by atoms with van der Waals surface area (Å²) in [5.74, 6) is 1.95.